The van der Waals surface area contributed by atoms with Gasteiger partial charge >= 0.3 is 0 Å². The van der Waals surface area contributed by atoms with Gasteiger partial charge in [0.05, 0.1) is 16.6 Å². The Hall–Kier alpha value is -3.03. The highest BCUT2D eigenvalue weighted by Gasteiger charge is 2.45. The molecule has 0 saturated carbocycles. The van der Waals surface area contributed by atoms with Gasteiger partial charge in [0.25, 0.3) is 5.91 Å². The van der Waals surface area contributed by atoms with Crippen LogP contribution in [-0.2, 0) is 0 Å². The standard InChI is InChI=1S/C19H10ClN3O3S/c20-10-4-5-13-11(9-10)16(24)14-15(12-3-1-2-6-21-12)23(18(25)17(14)26-13)19-22-7-8-27-19/h1-9,15H. The number of pyridine rings is 1. The van der Waals surface area contributed by atoms with Gasteiger partial charge in [-0.1, -0.05) is 17.7 Å². The van der Waals surface area contributed by atoms with Gasteiger partial charge in [0.15, 0.2) is 10.6 Å². The van der Waals surface area contributed by atoms with Crippen LogP contribution in [0.25, 0.3) is 11.0 Å². The number of aromatic nitrogens is 2. The zero-order valence-electron chi connectivity index (χ0n) is 13.6. The number of hydrogen-bond acceptors (Lipinski definition) is 6. The van der Waals surface area contributed by atoms with Crippen LogP contribution >= 0.6 is 22.9 Å². The first-order chi connectivity index (χ1) is 13.1. The average molecular weight is 396 g/mol. The molecule has 0 spiro atoms. The van der Waals surface area contributed by atoms with Gasteiger partial charge in [0.1, 0.15) is 11.6 Å². The predicted octanol–water partition coefficient (Wildman–Crippen LogP) is 4.05. The van der Waals surface area contributed by atoms with E-state index in [1.165, 1.54) is 16.2 Å². The smallest absolute Gasteiger partial charge is 0.297 e. The van der Waals surface area contributed by atoms with E-state index in [1.807, 2.05) is 6.07 Å². The molecule has 0 fully saturated rings. The van der Waals surface area contributed by atoms with Crippen LogP contribution in [-0.4, -0.2) is 15.9 Å². The maximum Gasteiger partial charge on any atom is 0.297 e. The van der Waals surface area contributed by atoms with Gasteiger partial charge in [0, 0.05) is 22.8 Å². The number of thiazole rings is 1. The van der Waals surface area contributed by atoms with Crippen molar-refractivity contribution in [2.45, 2.75) is 6.04 Å². The highest BCUT2D eigenvalue weighted by Crippen LogP contribution is 2.41. The van der Waals surface area contributed by atoms with Crippen LogP contribution < -0.4 is 10.3 Å². The van der Waals surface area contributed by atoms with Gasteiger partial charge in [-0.15, -0.1) is 11.3 Å². The van der Waals surface area contributed by atoms with Gasteiger partial charge < -0.3 is 4.42 Å². The van der Waals surface area contributed by atoms with E-state index in [2.05, 4.69) is 9.97 Å². The summed E-state index contributed by atoms with van der Waals surface area (Å²) < 4.78 is 5.83. The van der Waals surface area contributed by atoms with Gasteiger partial charge in [-0.3, -0.25) is 19.5 Å². The van der Waals surface area contributed by atoms with Crippen molar-refractivity contribution >= 4 is 44.9 Å². The molecule has 132 valence electrons. The maximum absolute atomic E-state index is 13.3. The Kier molecular flexibility index (Phi) is 3.60. The fraction of sp³-hybridized carbons (Fsp3) is 0.0526. The molecule has 1 unspecified atom stereocenters. The Morgan fingerprint density at radius 3 is 2.74 bits per heavy atom. The number of fused-ring (bicyclic) bond motifs is 2. The van der Waals surface area contributed by atoms with Gasteiger partial charge in [-0.25, -0.2) is 4.98 Å². The van der Waals surface area contributed by atoms with Crippen molar-refractivity contribution in [2.24, 2.45) is 0 Å². The summed E-state index contributed by atoms with van der Waals surface area (Å²) in [5, 5.41) is 3.00. The molecular formula is C19H10ClN3O3S. The Bertz CT molecular complexity index is 1240. The van der Waals surface area contributed by atoms with E-state index < -0.39 is 11.9 Å². The summed E-state index contributed by atoms with van der Waals surface area (Å²) in [5.41, 5.74) is 0.839. The van der Waals surface area contributed by atoms with Crippen LogP contribution in [0.15, 0.2) is 63.4 Å². The number of nitrogens with zero attached hydrogens (tertiary/aromatic N) is 3. The van der Waals surface area contributed by atoms with E-state index in [0.29, 0.717) is 26.8 Å². The highest BCUT2D eigenvalue weighted by atomic mass is 35.5. The Labute approximate surface area is 161 Å². The summed E-state index contributed by atoms with van der Waals surface area (Å²) in [5.74, 6) is -0.398. The molecule has 1 aliphatic heterocycles. The normalized spacial score (nSPS) is 16.1. The third-order valence-corrected chi connectivity index (χ3v) is 5.43. The Morgan fingerprint density at radius 2 is 2.00 bits per heavy atom. The van der Waals surface area contributed by atoms with E-state index in [0.717, 1.165) is 0 Å². The number of carbonyl (C=O) groups is 1. The Balaban J connectivity index is 1.85. The second kappa shape index (κ2) is 6.00. The lowest BCUT2D eigenvalue weighted by molar-refractivity contribution is 0.0970. The summed E-state index contributed by atoms with van der Waals surface area (Å²) in [6.07, 6.45) is 3.23. The third kappa shape index (κ3) is 2.39. The van der Waals surface area contributed by atoms with Crippen molar-refractivity contribution in [3.63, 3.8) is 0 Å². The molecule has 0 bridgehead atoms. The largest absolute Gasteiger partial charge is 0.450 e. The van der Waals surface area contributed by atoms with E-state index >= 15 is 0 Å². The van der Waals surface area contributed by atoms with Crippen LogP contribution in [0.1, 0.15) is 27.9 Å². The van der Waals surface area contributed by atoms with E-state index in [4.69, 9.17) is 16.0 Å². The second-order valence-electron chi connectivity index (χ2n) is 5.96. The minimum atomic E-state index is -0.709. The molecule has 1 aliphatic rings. The van der Waals surface area contributed by atoms with E-state index in [1.54, 1.807) is 48.1 Å². The molecule has 5 rings (SSSR count). The van der Waals surface area contributed by atoms with Crippen molar-refractivity contribution in [3.8, 4) is 0 Å². The molecule has 4 aromatic rings. The van der Waals surface area contributed by atoms with E-state index in [-0.39, 0.29) is 16.8 Å². The van der Waals surface area contributed by atoms with Crippen molar-refractivity contribution in [1.29, 1.82) is 0 Å². The zero-order valence-corrected chi connectivity index (χ0v) is 15.2. The molecule has 27 heavy (non-hydrogen) atoms. The van der Waals surface area contributed by atoms with E-state index in [9.17, 15) is 9.59 Å². The highest BCUT2D eigenvalue weighted by molar-refractivity contribution is 7.13. The number of rotatable bonds is 2. The molecular weight excluding hydrogens is 386 g/mol. The quantitative estimate of drug-likeness (QED) is 0.511. The van der Waals surface area contributed by atoms with Crippen molar-refractivity contribution in [3.05, 3.63) is 86.4 Å². The summed E-state index contributed by atoms with van der Waals surface area (Å²) in [4.78, 5) is 36.5. The van der Waals surface area contributed by atoms with Crippen LogP contribution in [0, 0.1) is 0 Å². The number of carbonyl (C=O) groups excluding carboxylic acids is 1. The number of benzene rings is 1. The molecule has 1 amide bonds. The van der Waals surface area contributed by atoms with Crippen LogP contribution in [0.2, 0.25) is 5.02 Å². The predicted molar refractivity (Wildman–Crippen MR) is 102 cm³/mol. The molecule has 1 atom stereocenters. The first-order valence-corrected chi connectivity index (χ1v) is 9.31. The lowest BCUT2D eigenvalue weighted by Crippen LogP contribution is -2.29. The number of anilines is 1. The van der Waals surface area contributed by atoms with Gasteiger partial charge in [-0.05, 0) is 30.3 Å². The lowest BCUT2D eigenvalue weighted by Gasteiger charge is -2.21. The minimum Gasteiger partial charge on any atom is -0.450 e. The van der Waals surface area contributed by atoms with Crippen LogP contribution in [0.5, 0.6) is 0 Å². The maximum atomic E-state index is 13.3. The van der Waals surface area contributed by atoms with Crippen molar-refractivity contribution < 1.29 is 9.21 Å². The molecule has 3 aromatic heterocycles. The van der Waals surface area contributed by atoms with Crippen LogP contribution in [0.3, 0.4) is 0 Å². The summed E-state index contributed by atoms with van der Waals surface area (Å²) >= 11 is 7.36. The van der Waals surface area contributed by atoms with Crippen molar-refractivity contribution in [1.82, 2.24) is 9.97 Å². The molecule has 8 heteroatoms. The number of hydrogen-bond donors (Lipinski definition) is 0. The second-order valence-corrected chi connectivity index (χ2v) is 7.27. The summed E-state index contributed by atoms with van der Waals surface area (Å²) in [6, 6.07) is 9.41. The number of halogens is 1. The molecule has 0 N–H and O–H groups in total. The first-order valence-electron chi connectivity index (χ1n) is 8.05. The van der Waals surface area contributed by atoms with Gasteiger partial charge in [-0.2, -0.15) is 0 Å². The third-order valence-electron chi connectivity index (χ3n) is 4.43. The molecule has 0 radical (unpaired) electrons. The average Bonchev–Trinajstić information content (AvgIpc) is 3.30. The van der Waals surface area contributed by atoms with Crippen LogP contribution in [0.4, 0.5) is 5.13 Å². The zero-order chi connectivity index (χ0) is 18.5. The molecule has 1 aromatic carbocycles. The lowest BCUT2D eigenvalue weighted by atomic mass is 10.0. The minimum absolute atomic E-state index is 0.0145. The summed E-state index contributed by atoms with van der Waals surface area (Å²) in [6.45, 7) is 0. The molecule has 0 saturated heterocycles. The number of amides is 1. The first kappa shape index (κ1) is 16.2. The summed E-state index contributed by atoms with van der Waals surface area (Å²) in [7, 11) is 0. The fourth-order valence-electron chi connectivity index (χ4n) is 3.29. The molecule has 6 nitrogen and oxygen atoms in total. The van der Waals surface area contributed by atoms with Gasteiger partial charge in [0.2, 0.25) is 5.76 Å². The van der Waals surface area contributed by atoms with Crippen molar-refractivity contribution in [2.75, 3.05) is 4.90 Å². The Morgan fingerprint density at radius 1 is 1.11 bits per heavy atom. The monoisotopic (exact) mass is 395 g/mol. The fourth-order valence-corrected chi connectivity index (χ4v) is 4.13. The topological polar surface area (TPSA) is 76.3 Å². The molecule has 4 heterocycles. The SMILES string of the molecule is O=C1c2oc3ccc(Cl)cc3c(=O)c2C(c2ccccn2)N1c1nccs1. The molecule has 0 aliphatic carbocycles.